The average Bonchev–Trinajstić information content (AvgIpc) is 3.07. The molecule has 0 radical (unpaired) electrons. The number of fused-ring (bicyclic) bond motifs is 1. The molecule has 128 valence electrons. The van der Waals surface area contributed by atoms with Crippen LogP contribution in [0.15, 0.2) is 44.9 Å². The minimum Gasteiger partial charge on any atom is -0.439 e. The summed E-state index contributed by atoms with van der Waals surface area (Å²) in [6.07, 6.45) is 0. The number of non-ortho nitro benzene ring substituents is 1. The largest absolute Gasteiger partial charge is 0.439 e. The van der Waals surface area contributed by atoms with Crippen LogP contribution < -0.4 is 10.3 Å². The lowest BCUT2D eigenvalue weighted by Crippen LogP contribution is -2.36. The van der Waals surface area contributed by atoms with E-state index in [9.17, 15) is 14.9 Å². The van der Waals surface area contributed by atoms with E-state index in [2.05, 4.69) is 0 Å². The Morgan fingerprint density at radius 2 is 2.00 bits per heavy atom. The van der Waals surface area contributed by atoms with E-state index >= 15 is 0 Å². The van der Waals surface area contributed by atoms with E-state index in [1.54, 1.807) is 17.5 Å². The standard InChI is InChI=1S/C17H14N2O5S/c20-14-9-15(18-4-6-23-7-5-18)24-16-13(10-25-17(14)16)11-2-1-3-12(8-11)19(21)22/h1-3,8-10H,4-7H2. The SMILES string of the molecule is O=c1cc(N2CCOCC2)oc2c(-c3cccc([N+](=O)[O-])c3)csc12. The molecule has 3 heterocycles. The van der Waals surface area contributed by atoms with Gasteiger partial charge in [-0.1, -0.05) is 12.1 Å². The van der Waals surface area contributed by atoms with Gasteiger partial charge in [0.05, 0.1) is 18.1 Å². The fourth-order valence-corrected chi connectivity index (χ4v) is 3.77. The molecule has 1 aliphatic heterocycles. The van der Waals surface area contributed by atoms with E-state index in [1.165, 1.54) is 29.5 Å². The Balaban J connectivity index is 1.85. The third kappa shape index (κ3) is 2.90. The van der Waals surface area contributed by atoms with E-state index in [0.29, 0.717) is 53.6 Å². The minimum absolute atomic E-state index is 0.00327. The second kappa shape index (κ2) is 6.30. The van der Waals surface area contributed by atoms with Gasteiger partial charge in [-0.3, -0.25) is 14.9 Å². The molecule has 25 heavy (non-hydrogen) atoms. The number of morpholine rings is 1. The maximum absolute atomic E-state index is 12.4. The summed E-state index contributed by atoms with van der Waals surface area (Å²) in [7, 11) is 0. The first kappa shape index (κ1) is 15.8. The van der Waals surface area contributed by atoms with Gasteiger partial charge in [0.1, 0.15) is 4.70 Å². The maximum atomic E-state index is 12.4. The lowest BCUT2D eigenvalue weighted by atomic mass is 10.1. The molecule has 0 aliphatic carbocycles. The fourth-order valence-electron chi connectivity index (χ4n) is 2.86. The summed E-state index contributed by atoms with van der Waals surface area (Å²) < 4.78 is 11.9. The van der Waals surface area contributed by atoms with Gasteiger partial charge in [-0.15, -0.1) is 11.3 Å². The average molecular weight is 358 g/mol. The molecule has 1 fully saturated rings. The van der Waals surface area contributed by atoms with Gasteiger partial charge in [-0.2, -0.15) is 0 Å². The monoisotopic (exact) mass is 358 g/mol. The zero-order valence-electron chi connectivity index (χ0n) is 13.1. The molecule has 1 aliphatic rings. The molecule has 7 nitrogen and oxygen atoms in total. The lowest BCUT2D eigenvalue weighted by Gasteiger charge is -2.27. The van der Waals surface area contributed by atoms with Crippen LogP contribution >= 0.6 is 11.3 Å². The number of anilines is 1. The van der Waals surface area contributed by atoms with Crippen LogP contribution in [-0.2, 0) is 4.74 Å². The number of hydrogen-bond acceptors (Lipinski definition) is 7. The summed E-state index contributed by atoms with van der Waals surface area (Å²) in [4.78, 5) is 25.0. The molecular weight excluding hydrogens is 344 g/mol. The number of nitro groups is 1. The van der Waals surface area contributed by atoms with Crippen LogP contribution in [0, 0.1) is 10.1 Å². The lowest BCUT2D eigenvalue weighted by molar-refractivity contribution is -0.384. The normalized spacial score (nSPS) is 14.8. The van der Waals surface area contributed by atoms with Crippen LogP contribution in [-0.4, -0.2) is 31.2 Å². The molecule has 0 saturated carbocycles. The number of hydrogen-bond donors (Lipinski definition) is 0. The van der Waals surface area contributed by atoms with Crippen LogP contribution in [0.1, 0.15) is 0 Å². The van der Waals surface area contributed by atoms with Crippen LogP contribution in [0.2, 0.25) is 0 Å². The molecule has 3 aromatic rings. The van der Waals surface area contributed by atoms with Crippen molar-refractivity contribution in [3.63, 3.8) is 0 Å². The number of nitrogens with zero attached hydrogens (tertiary/aromatic N) is 2. The summed E-state index contributed by atoms with van der Waals surface area (Å²) in [5.41, 5.74) is 1.71. The van der Waals surface area contributed by atoms with Crippen LogP contribution in [0.3, 0.4) is 0 Å². The molecule has 0 unspecified atom stereocenters. The Morgan fingerprint density at radius 3 is 2.76 bits per heavy atom. The first-order valence-electron chi connectivity index (χ1n) is 7.76. The number of benzene rings is 1. The number of rotatable bonds is 3. The van der Waals surface area contributed by atoms with Crippen molar-refractivity contribution < 1.29 is 14.1 Å². The molecule has 0 atom stereocenters. The molecule has 4 rings (SSSR count). The van der Waals surface area contributed by atoms with Crippen molar-refractivity contribution in [3.8, 4) is 11.1 Å². The molecule has 8 heteroatoms. The zero-order valence-corrected chi connectivity index (χ0v) is 14.0. The van der Waals surface area contributed by atoms with Gasteiger partial charge in [0.2, 0.25) is 5.43 Å². The van der Waals surface area contributed by atoms with Crippen molar-refractivity contribution in [3.05, 3.63) is 56.0 Å². The second-order valence-corrected chi connectivity index (χ2v) is 6.54. The second-order valence-electron chi connectivity index (χ2n) is 5.66. The van der Waals surface area contributed by atoms with Crippen LogP contribution in [0.25, 0.3) is 21.4 Å². The Bertz CT molecular complexity index is 1000. The highest BCUT2D eigenvalue weighted by Crippen LogP contribution is 2.35. The molecule has 2 aromatic heterocycles. The summed E-state index contributed by atoms with van der Waals surface area (Å²) in [5.74, 6) is 0.505. The highest BCUT2D eigenvalue weighted by atomic mass is 32.1. The smallest absolute Gasteiger partial charge is 0.270 e. The predicted molar refractivity (Wildman–Crippen MR) is 95.5 cm³/mol. The van der Waals surface area contributed by atoms with Crippen molar-refractivity contribution in [2.24, 2.45) is 0 Å². The summed E-state index contributed by atoms with van der Waals surface area (Å²) >= 11 is 1.29. The first-order chi connectivity index (χ1) is 12.1. The summed E-state index contributed by atoms with van der Waals surface area (Å²) in [5, 5.41) is 12.8. The molecule has 0 spiro atoms. The molecule has 0 bridgehead atoms. The number of thiophene rings is 1. The third-order valence-electron chi connectivity index (χ3n) is 4.12. The quantitative estimate of drug-likeness (QED) is 0.528. The van der Waals surface area contributed by atoms with Crippen LogP contribution in [0.4, 0.5) is 11.6 Å². The van der Waals surface area contributed by atoms with Gasteiger partial charge >= 0.3 is 0 Å². The van der Waals surface area contributed by atoms with Crippen molar-refractivity contribution in [1.82, 2.24) is 0 Å². The predicted octanol–water partition coefficient (Wildman–Crippen LogP) is 3.27. The van der Waals surface area contributed by atoms with Crippen molar-refractivity contribution >= 4 is 33.2 Å². The number of ether oxygens (including phenoxy) is 1. The van der Waals surface area contributed by atoms with Crippen LogP contribution in [0.5, 0.6) is 0 Å². The highest BCUT2D eigenvalue weighted by molar-refractivity contribution is 7.17. The van der Waals surface area contributed by atoms with Crippen molar-refractivity contribution in [2.75, 3.05) is 31.2 Å². The summed E-state index contributed by atoms with van der Waals surface area (Å²) in [6.45, 7) is 2.49. The van der Waals surface area contributed by atoms with Gasteiger partial charge < -0.3 is 14.1 Å². The van der Waals surface area contributed by atoms with Gasteiger partial charge in [-0.05, 0) is 5.56 Å². The third-order valence-corrected chi connectivity index (χ3v) is 5.10. The Labute approximate surface area is 146 Å². The summed E-state index contributed by atoms with van der Waals surface area (Å²) in [6, 6.07) is 7.83. The topological polar surface area (TPSA) is 85.8 Å². The van der Waals surface area contributed by atoms with Crippen molar-refractivity contribution in [2.45, 2.75) is 0 Å². The Kier molecular flexibility index (Phi) is 3.98. The molecular formula is C17H14N2O5S. The van der Waals surface area contributed by atoms with Gasteiger partial charge in [0.15, 0.2) is 11.5 Å². The van der Waals surface area contributed by atoms with Gasteiger partial charge in [0.25, 0.3) is 5.69 Å². The first-order valence-corrected chi connectivity index (χ1v) is 8.64. The molecule has 1 saturated heterocycles. The Hall–Kier alpha value is -2.71. The molecule has 1 aromatic carbocycles. The van der Waals surface area contributed by atoms with E-state index in [-0.39, 0.29) is 11.1 Å². The fraction of sp³-hybridized carbons (Fsp3) is 0.235. The molecule has 0 N–H and O–H groups in total. The number of nitro benzene ring substituents is 1. The maximum Gasteiger partial charge on any atom is 0.270 e. The minimum atomic E-state index is -0.437. The van der Waals surface area contributed by atoms with E-state index in [1.807, 2.05) is 4.90 Å². The van der Waals surface area contributed by atoms with E-state index < -0.39 is 4.92 Å². The van der Waals surface area contributed by atoms with E-state index in [4.69, 9.17) is 9.15 Å². The highest BCUT2D eigenvalue weighted by Gasteiger charge is 2.19. The van der Waals surface area contributed by atoms with Gasteiger partial charge in [-0.25, -0.2) is 0 Å². The molecule has 0 amide bonds. The van der Waals surface area contributed by atoms with Crippen molar-refractivity contribution in [1.29, 1.82) is 0 Å². The zero-order chi connectivity index (χ0) is 17.4. The van der Waals surface area contributed by atoms with E-state index in [0.717, 1.165) is 0 Å². The van der Waals surface area contributed by atoms with Gasteiger partial charge in [0, 0.05) is 42.2 Å². The Morgan fingerprint density at radius 1 is 1.20 bits per heavy atom.